The highest BCUT2D eigenvalue weighted by atomic mass is 16.5. The summed E-state index contributed by atoms with van der Waals surface area (Å²) in [4.78, 5) is 23.1. The summed E-state index contributed by atoms with van der Waals surface area (Å²) in [5.74, 6) is 0.198. The van der Waals surface area contributed by atoms with E-state index < -0.39 is 6.10 Å². The van der Waals surface area contributed by atoms with Crippen LogP contribution in [0, 0.1) is 22.7 Å². The van der Waals surface area contributed by atoms with E-state index in [1.165, 1.54) is 37.0 Å². The van der Waals surface area contributed by atoms with Gasteiger partial charge in [-0.25, -0.2) is 4.79 Å². The zero-order valence-electron chi connectivity index (χ0n) is 20.4. The molecule has 0 radical (unpaired) electrons. The maximum Gasteiger partial charge on any atom is 0.331 e. The molecule has 6 unspecified atom stereocenters. The molecule has 2 fully saturated rings. The average Bonchev–Trinajstić information content (AvgIpc) is 3.16. The average molecular weight is 445 g/mol. The minimum Gasteiger partial charge on any atom is -0.462 e. The molecule has 1 aliphatic heterocycles. The lowest BCUT2D eigenvalue weighted by Gasteiger charge is -2.60. The topological polar surface area (TPSA) is 72.8 Å². The number of fused-ring (bicyclic) bond motifs is 1. The molecule has 3 aliphatic rings. The number of esters is 2. The van der Waals surface area contributed by atoms with Crippen molar-refractivity contribution in [1.82, 2.24) is 0 Å². The van der Waals surface area contributed by atoms with Crippen LogP contribution in [0.1, 0.15) is 79.6 Å². The molecule has 5 nitrogen and oxygen atoms in total. The number of cyclic esters (lactones) is 1. The maximum atomic E-state index is 11.8. The fraction of sp³-hybridized carbons (Fsp3) is 0.704. The van der Waals surface area contributed by atoms with Gasteiger partial charge in [-0.2, -0.15) is 0 Å². The Bertz CT molecular complexity index is 824. The van der Waals surface area contributed by atoms with E-state index in [9.17, 15) is 14.7 Å². The molecule has 3 rings (SSSR count). The summed E-state index contributed by atoms with van der Waals surface area (Å²) in [6, 6.07) is 0. The summed E-state index contributed by atoms with van der Waals surface area (Å²) in [5.41, 5.74) is 3.20. The number of hydrogen-bond acceptors (Lipinski definition) is 5. The molecule has 0 saturated heterocycles. The van der Waals surface area contributed by atoms with E-state index in [1.54, 1.807) is 0 Å². The van der Waals surface area contributed by atoms with Crippen molar-refractivity contribution in [2.75, 3.05) is 6.61 Å². The fourth-order valence-electron chi connectivity index (χ4n) is 6.42. The van der Waals surface area contributed by atoms with Crippen LogP contribution in [0.3, 0.4) is 0 Å². The molecular weight excluding hydrogens is 404 g/mol. The van der Waals surface area contributed by atoms with Crippen LogP contribution in [-0.4, -0.2) is 35.9 Å². The van der Waals surface area contributed by atoms with Crippen molar-refractivity contribution in [2.45, 2.75) is 91.8 Å². The molecule has 0 aromatic heterocycles. The van der Waals surface area contributed by atoms with E-state index in [1.807, 2.05) is 0 Å². The number of aliphatic hydroxyl groups excluding tert-OH is 1. The number of hydrogen-bond donors (Lipinski definition) is 1. The number of allylic oxidation sites excluding steroid dienone is 2. The second kappa shape index (κ2) is 9.54. The second-order valence-electron chi connectivity index (χ2n) is 10.7. The van der Waals surface area contributed by atoms with Crippen LogP contribution in [0.15, 0.2) is 35.5 Å². The second-order valence-corrected chi connectivity index (χ2v) is 10.7. The van der Waals surface area contributed by atoms with Gasteiger partial charge in [-0.05, 0) is 74.5 Å². The van der Waals surface area contributed by atoms with Gasteiger partial charge in [-0.15, -0.1) is 0 Å². The summed E-state index contributed by atoms with van der Waals surface area (Å²) in [7, 11) is 0. The van der Waals surface area contributed by atoms with Gasteiger partial charge in [0, 0.05) is 18.6 Å². The van der Waals surface area contributed by atoms with E-state index in [0.29, 0.717) is 17.9 Å². The van der Waals surface area contributed by atoms with Crippen LogP contribution in [0.2, 0.25) is 0 Å². The summed E-state index contributed by atoms with van der Waals surface area (Å²) < 4.78 is 10.7. The van der Waals surface area contributed by atoms with Gasteiger partial charge >= 0.3 is 11.9 Å². The maximum absolute atomic E-state index is 11.8. The normalized spacial score (nSPS) is 36.2. The highest BCUT2D eigenvalue weighted by Crippen LogP contribution is 2.63. The molecule has 1 heterocycles. The van der Waals surface area contributed by atoms with Crippen LogP contribution in [0.5, 0.6) is 0 Å². The SMILES string of the molecule is C=C1CCCC2C1(C)CC(OC(C)=O)C(C)C2(C)CCC(C)=CCC(O)C1=CC(=O)OC1. The van der Waals surface area contributed by atoms with Gasteiger partial charge in [-0.1, -0.05) is 44.6 Å². The Morgan fingerprint density at radius 1 is 1.41 bits per heavy atom. The third-order valence-electron chi connectivity index (χ3n) is 8.74. The van der Waals surface area contributed by atoms with Gasteiger partial charge in [0.1, 0.15) is 12.7 Å². The van der Waals surface area contributed by atoms with Crippen molar-refractivity contribution < 1.29 is 24.2 Å². The van der Waals surface area contributed by atoms with Crippen molar-refractivity contribution in [3.8, 4) is 0 Å². The highest BCUT2D eigenvalue weighted by Gasteiger charge is 2.57. The Morgan fingerprint density at radius 3 is 2.75 bits per heavy atom. The van der Waals surface area contributed by atoms with Crippen LogP contribution >= 0.6 is 0 Å². The molecule has 5 heteroatoms. The van der Waals surface area contributed by atoms with Gasteiger partial charge in [0.05, 0.1) is 6.10 Å². The third-order valence-corrected chi connectivity index (χ3v) is 8.74. The van der Waals surface area contributed by atoms with E-state index in [4.69, 9.17) is 9.47 Å². The molecule has 2 saturated carbocycles. The van der Waals surface area contributed by atoms with Crippen molar-refractivity contribution in [1.29, 1.82) is 0 Å². The van der Waals surface area contributed by atoms with Crippen LogP contribution in [0.25, 0.3) is 0 Å². The smallest absolute Gasteiger partial charge is 0.331 e. The van der Waals surface area contributed by atoms with Gasteiger partial charge in [-0.3, -0.25) is 4.79 Å². The molecule has 178 valence electrons. The van der Waals surface area contributed by atoms with Crippen LogP contribution < -0.4 is 0 Å². The molecule has 0 amide bonds. The zero-order chi connectivity index (χ0) is 23.7. The minimum atomic E-state index is -0.682. The van der Waals surface area contributed by atoms with Crippen molar-refractivity contribution >= 4 is 11.9 Å². The predicted molar refractivity (Wildman–Crippen MR) is 125 cm³/mol. The Morgan fingerprint density at radius 2 is 2.12 bits per heavy atom. The summed E-state index contributed by atoms with van der Waals surface area (Å²) >= 11 is 0. The van der Waals surface area contributed by atoms with Crippen LogP contribution in [-0.2, 0) is 19.1 Å². The van der Waals surface area contributed by atoms with Gasteiger partial charge < -0.3 is 14.6 Å². The zero-order valence-corrected chi connectivity index (χ0v) is 20.4. The summed E-state index contributed by atoms with van der Waals surface area (Å²) in [5, 5.41) is 10.4. The van der Waals surface area contributed by atoms with E-state index in [-0.39, 0.29) is 41.4 Å². The summed E-state index contributed by atoms with van der Waals surface area (Å²) in [6.45, 7) is 15.2. The Kier molecular flexibility index (Phi) is 7.38. The molecule has 6 atom stereocenters. The number of ether oxygens (including phenoxy) is 2. The van der Waals surface area contributed by atoms with Crippen molar-refractivity contribution in [2.24, 2.45) is 22.7 Å². The van der Waals surface area contributed by atoms with Crippen LogP contribution in [0.4, 0.5) is 0 Å². The Balaban J connectivity index is 1.74. The largest absolute Gasteiger partial charge is 0.462 e. The quantitative estimate of drug-likeness (QED) is 0.427. The number of aliphatic hydroxyl groups is 1. The lowest BCUT2D eigenvalue weighted by Crippen LogP contribution is -2.56. The summed E-state index contributed by atoms with van der Waals surface area (Å²) in [6.07, 6.45) is 9.39. The lowest BCUT2D eigenvalue weighted by atomic mass is 9.45. The Labute approximate surface area is 192 Å². The molecule has 0 aromatic carbocycles. The molecule has 2 aliphatic carbocycles. The standard InChI is InChI=1S/C27H40O5/c1-17(10-11-22(29)21-14-25(30)31-16-21)12-13-26(5)19(3)23(32-20(4)28)15-27(6)18(2)8-7-9-24(26)27/h10,14,19,22-24,29H,2,7-9,11-13,15-16H2,1,3-6H3. The fourth-order valence-corrected chi connectivity index (χ4v) is 6.42. The molecule has 0 aromatic rings. The Hall–Kier alpha value is -1.88. The van der Waals surface area contributed by atoms with Gasteiger partial charge in [0.2, 0.25) is 0 Å². The molecule has 1 N–H and O–H groups in total. The number of carbonyl (C=O) groups excluding carboxylic acids is 2. The molecule has 0 spiro atoms. The van der Waals surface area contributed by atoms with Gasteiger partial charge in [0.15, 0.2) is 0 Å². The highest BCUT2D eigenvalue weighted by molar-refractivity contribution is 5.85. The first-order valence-corrected chi connectivity index (χ1v) is 12.0. The van der Waals surface area contributed by atoms with Crippen molar-refractivity contribution in [3.63, 3.8) is 0 Å². The van der Waals surface area contributed by atoms with E-state index in [2.05, 4.69) is 40.3 Å². The number of rotatable bonds is 7. The lowest BCUT2D eigenvalue weighted by molar-refractivity contribution is -0.171. The first-order chi connectivity index (χ1) is 15.0. The number of carbonyl (C=O) groups is 2. The first-order valence-electron chi connectivity index (χ1n) is 12.0. The van der Waals surface area contributed by atoms with E-state index in [0.717, 1.165) is 25.7 Å². The molecule has 0 bridgehead atoms. The predicted octanol–water partition coefficient (Wildman–Crippen LogP) is 5.29. The van der Waals surface area contributed by atoms with E-state index >= 15 is 0 Å². The third kappa shape index (κ3) is 4.88. The van der Waals surface area contributed by atoms with Gasteiger partial charge in [0.25, 0.3) is 0 Å². The molecular formula is C27H40O5. The first kappa shape index (κ1) is 24.8. The molecule has 32 heavy (non-hydrogen) atoms. The minimum absolute atomic E-state index is 0.00503. The van der Waals surface area contributed by atoms with Crippen molar-refractivity contribution in [3.05, 3.63) is 35.5 Å². The monoisotopic (exact) mass is 444 g/mol.